The summed E-state index contributed by atoms with van der Waals surface area (Å²) in [6.45, 7) is 3.57. The van der Waals surface area contributed by atoms with E-state index >= 15 is 0 Å². The number of benzene rings is 1. The number of anilines is 2. The number of aromatic nitrogens is 5. The number of H-pyrrole nitrogens is 1. The Kier molecular flexibility index (Phi) is 3.98. The fourth-order valence-electron chi connectivity index (χ4n) is 4.79. The van der Waals surface area contributed by atoms with Crippen molar-refractivity contribution in [3.63, 3.8) is 0 Å². The molecule has 3 aliphatic rings. The number of hydrogen-bond acceptors (Lipinski definition) is 8. The normalized spacial score (nSPS) is 20.4. The fraction of sp³-hybridized carbons (Fsp3) is 0.391. The molecule has 9 nitrogen and oxygen atoms in total. The van der Waals surface area contributed by atoms with Gasteiger partial charge in [0.05, 0.1) is 37.7 Å². The minimum absolute atomic E-state index is 0.230. The summed E-state index contributed by atoms with van der Waals surface area (Å²) in [4.78, 5) is 17.7. The number of fused-ring (bicyclic) bond motifs is 4. The Bertz CT molecular complexity index is 1290. The SMILES string of the molecule is c1cc(-c2ncc3c(n2)N2CCOCC2CN3Cc2nnc(C3CC3)o2)c2cc[nH]c2c1. The van der Waals surface area contributed by atoms with Gasteiger partial charge in [0.2, 0.25) is 11.8 Å². The Balaban J connectivity index is 1.28. The lowest BCUT2D eigenvalue weighted by atomic mass is 10.1. The van der Waals surface area contributed by atoms with Gasteiger partial charge in [-0.2, -0.15) is 0 Å². The van der Waals surface area contributed by atoms with Crippen LogP contribution in [0.25, 0.3) is 22.3 Å². The van der Waals surface area contributed by atoms with Gasteiger partial charge in [0.15, 0.2) is 11.6 Å². The van der Waals surface area contributed by atoms with Crippen LogP contribution in [0.5, 0.6) is 0 Å². The molecule has 1 aromatic carbocycles. The maximum Gasteiger partial charge on any atom is 0.235 e. The average Bonchev–Trinajstić information content (AvgIpc) is 3.38. The Morgan fingerprint density at radius 2 is 2.12 bits per heavy atom. The van der Waals surface area contributed by atoms with Crippen LogP contribution in [-0.4, -0.2) is 57.5 Å². The third kappa shape index (κ3) is 2.96. The van der Waals surface area contributed by atoms with Gasteiger partial charge in [-0.3, -0.25) is 0 Å². The summed E-state index contributed by atoms with van der Waals surface area (Å²) in [6, 6.07) is 8.48. The third-order valence-electron chi connectivity index (χ3n) is 6.59. The van der Waals surface area contributed by atoms with Crippen LogP contribution < -0.4 is 9.80 Å². The Morgan fingerprint density at radius 3 is 3.06 bits per heavy atom. The molecule has 4 aromatic rings. The fourth-order valence-corrected chi connectivity index (χ4v) is 4.79. The molecule has 2 aliphatic heterocycles. The quantitative estimate of drug-likeness (QED) is 0.529. The number of rotatable bonds is 4. The number of aromatic amines is 1. The number of ether oxygens (including phenoxy) is 1. The van der Waals surface area contributed by atoms with Crippen LogP contribution in [0.4, 0.5) is 11.5 Å². The van der Waals surface area contributed by atoms with Gasteiger partial charge < -0.3 is 23.9 Å². The molecule has 0 bridgehead atoms. The molecule has 1 saturated carbocycles. The monoisotopic (exact) mass is 429 g/mol. The van der Waals surface area contributed by atoms with Crippen molar-refractivity contribution < 1.29 is 9.15 Å². The average molecular weight is 429 g/mol. The second-order valence-corrected chi connectivity index (χ2v) is 8.76. The number of nitrogens with one attached hydrogen (secondary N) is 1. The number of nitrogens with zero attached hydrogens (tertiary/aromatic N) is 6. The molecule has 1 N–H and O–H groups in total. The van der Waals surface area contributed by atoms with E-state index in [4.69, 9.17) is 19.1 Å². The van der Waals surface area contributed by atoms with Gasteiger partial charge in [0.1, 0.15) is 0 Å². The highest BCUT2D eigenvalue weighted by Crippen LogP contribution is 2.40. The van der Waals surface area contributed by atoms with Crippen LogP contribution in [0.15, 0.2) is 41.1 Å². The highest BCUT2D eigenvalue weighted by atomic mass is 16.5. The van der Waals surface area contributed by atoms with Crippen LogP contribution in [0.2, 0.25) is 0 Å². The van der Waals surface area contributed by atoms with Crippen molar-refractivity contribution >= 4 is 22.4 Å². The molecule has 9 heteroatoms. The molecule has 0 radical (unpaired) electrons. The first-order valence-electron chi connectivity index (χ1n) is 11.2. The van der Waals surface area contributed by atoms with E-state index in [1.165, 1.54) is 0 Å². The number of hydrogen-bond donors (Lipinski definition) is 1. The molecule has 0 amide bonds. The second kappa shape index (κ2) is 7.03. The number of morpholine rings is 1. The molecule has 3 aromatic heterocycles. The van der Waals surface area contributed by atoms with Crippen molar-refractivity contribution in [2.45, 2.75) is 31.3 Å². The van der Waals surface area contributed by atoms with E-state index in [2.05, 4.69) is 43.2 Å². The minimum atomic E-state index is 0.230. The molecule has 32 heavy (non-hydrogen) atoms. The van der Waals surface area contributed by atoms with E-state index < -0.39 is 0 Å². The van der Waals surface area contributed by atoms with Gasteiger partial charge in [0.25, 0.3) is 0 Å². The maximum absolute atomic E-state index is 5.94. The van der Waals surface area contributed by atoms with E-state index in [9.17, 15) is 0 Å². The third-order valence-corrected chi connectivity index (χ3v) is 6.59. The predicted octanol–water partition coefficient (Wildman–Crippen LogP) is 3.11. The van der Waals surface area contributed by atoms with Crippen LogP contribution >= 0.6 is 0 Å². The summed E-state index contributed by atoms with van der Waals surface area (Å²) < 4.78 is 11.7. The van der Waals surface area contributed by atoms with Crippen molar-refractivity contribution in [2.75, 3.05) is 36.1 Å². The first-order chi connectivity index (χ1) is 15.8. The maximum atomic E-state index is 5.94. The predicted molar refractivity (Wildman–Crippen MR) is 119 cm³/mol. The summed E-state index contributed by atoms with van der Waals surface area (Å²) >= 11 is 0. The van der Waals surface area contributed by atoms with Crippen LogP contribution in [0.3, 0.4) is 0 Å². The van der Waals surface area contributed by atoms with Gasteiger partial charge >= 0.3 is 0 Å². The van der Waals surface area contributed by atoms with E-state index in [0.717, 1.165) is 65.6 Å². The molecule has 5 heterocycles. The van der Waals surface area contributed by atoms with Crippen molar-refractivity contribution in [3.05, 3.63) is 48.4 Å². The highest BCUT2D eigenvalue weighted by molar-refractivity contribution is 5.93. The van der Waals surface area contributed by atoms with E-state index in [0.29, 0.717) is 31.6 Å². The zero-order valence-electron chi connectivity index (χ0n) is 17.6. The van der Waals surface area contributed by atoms with Crippen LogP contribution in [0, 0.1) is 0 Å². The molecule has 1 atom stereocenters. The second-order valence-electron chi connectivity index (χ2n) is 8.76. The summed E-state index contributed by atoms with van der Waals surface area (Å²) in [5.74, 6) is 3.54. The van der Waals surface area contributed by atoms with Gasteiger partial charge in [-0.1, -0.05) is 12.1 Å². The Hall–Kier alpha value is -3.46. The van der Waals surface area contributed by atoms with E-state index in [1.807, 2.05) is 18.5 Å². The van der Waals surface area contributed by atoms with Crippen LogP contribution in [0.1, 0.15) is 30.5 Å². The molecule has 162 valence electrons. The Morgan fingerprint density at radius 1 is 1.16 bits per heavy atom. The zero-order valence-corrected chi connectivity index (χ0v) is 17.6. The standard InChI is InChI=1S/C23H23N7O2/c1-2-17(16-6-7-24-18(16)3-1)21-25-10-19-22(26-21)30-8-9-31-13-15(30)11-29(19)12-20-27-28-23(32-20)14-4-5-14/h1-3,6-7,10,14-15,24H,4-5,8-9,11-13H2. The Labute approximate surface area is 184 Å². The van der Waals surface area contributed by atoms with Gasteiger partial charge in [-0.05, 0) is 25.0 Å². The summed E-state index contributed by atoms with van der Waals surface area (Å²) in [6.07, 6.45) is 6.18. The first kappa shape index (κ1) is 18.1. The zero-order chi connectivity index (χ0) is 21.1. The van der Waals surface area contributed by atoms with Crippen LogP contribution in [-0.2, 0) is 11.3 Å². The van der Waals surface area contributed by atoms with Gasteiger partial charge in [-0.25, -0.2) is 9.97 Å². The van der Waals surface area contributed by atoms with Crippen molar-refractivity contribution in [2.24, 2.45) is 0 Å². The summed E-state index contributed by atoms with van der Waals surface area (Å²) in [5.41, 5.74) is 3.11. The minimum Gasteiger partial charge on any atom is -0.423 e. The summed E-state index contributed by atoms with van der Waals surface area (Å²) in [5, 5.41) is 9.66. The van der Waals surface area contributed by atoms with Crippen molar-refractivity contribution in [1.82, 2.24) is 25.1 Å². The van der Waals surface area contributed by atoms with E-state index in [1.54, 1.807) is 0 Å². The first-order valence-corrected chi connectivity index (χ1v) is 11.2. The molecule has 0 spiro atoms. The summed E-state index contributed by atoms with van der Waals surface area (Å²) in [7, 11) is 0. The molecular weight excluding hydrogens is 406 g/mol. The topological polar surface area (TPSA) is 96.2 Å². The van der Waals surface area contributed by atoms with Crippen molar-refractivity contribution in [1.29, 1.82) is 0 Å². The molecule has 7 rings (SSSR count). The van der Waals surface area contributed by atoms with Gasteiger partial charge in [-0.15, -0.1) is 10.2 Å². The lowest BCUT2D eigenvalue weighted by Gasteiger charge is -2.45. The molecule has 1 saturated heterocycles. The lowest BCUT2D eigenvalue weighted by Crippen LogP contribution is -2.55. The van der Waals surface area contributed by atoms with Crippen molar-refractivity contribution in [3.8, 4) is 11.4 Å². The molecule has 2 fully saturated rings. The molecule has 1 aliphatic carbocycles. The van der Waals surface area contributed by atoms with E-state index in [-0.39, 0.29) is 6.04 Å². The smallest absolute Gasteiger partial charge is 0.235 e. The molecule has 1 unspecified atom stereocenters. The largest absolute Gasteiger partial charge is 0.423 e. The van der Waals surface area contributed by atoms with Gasteiger partial charge in [0, 0.05) is 41.7 Å². The highest BCUT2D eigenvalue weighted by Gasteiger charge is 2.36. The molecular formula is C23H23N7O2. The lowest BCUT2D eigenvalue weighted by molar-refractivity contribution is 0.0934.